The molecule has 1 aliphatic rings. The number of alkyl halides is 5. The van der Waals surface area contributed by atoms with Crippen molar-refractivity contribution in [2.75, 3.05) is 11.9 Å². The number of carbonyl (C=O) groups is 2. The summed E-state index contributed by atoms with van der Waals surface area (Å²) in [4.78, 5) is 24.4. The summed E-state index contributed by atoms with van der Waals surface area (Å²) in [6.45, 7) is -1.81. The maximum atomic E-state index is 14.6. The van der Waals surface area contributed by atoms with E-state index in [-0.39, 0.29) is 5.02 Å². The van der Waals surface area contributed by atoms with Gasteiger partial charge in [0.1, 0.15) is 28.1 Å². The average molecular weight is 520 g/mol. The monoisotopic (exact) mass is 518 g/mol. The van der Waals surface area contributed by atoms with Crippen LogP contribution < -0.4 is 10.6 Å². The standard InChI is InChI=1S/C19H11Cl3F6N2O2/c20-8-5-7(1-2-9(8)23)13-14(19(13,21)22)17(32)30-11-4-3-10(24)12(15(11)25)16(31)29-6-18(26,27)28/h1-5,13-14H,6H2,(H,29,31)(H,30,32). The van der Waals surface area contributed by atoms with Gasteiger partial charge < -0.3 is 10.6 Å². The summed E-state index contributed by atoms with van der Waals surface area (Å²) in [5, 5.41) is 3.20. The topological polar surface area (TPSA) is 58.2 Å². The first-order chi connectivity index (χ1) is 14.7. The Balaban J connectivity index is 1.81. The number of rotatable bonds is 5. The second-order valence-electron chi connectivity index (χ2n) is 6.87. The van der Waals surface area contributed by atoms with Crippen molar-refractivity contribution in [1.29, 1.82) is 0 Å². The van der Waals surface area contributed by atoms with Gasteiger partial charge in [-0.15, -0.1) is 23.2 Å². The number of benzene rings is 2. The third kappa shape index (κ3) is 4.92. The predicted octanol–water partition coefficient (Wildman–Crippen LogP) is 5.58. The summed E-state index contributed by atoms with van der Waals surface area (Å²) >= 11 is 18.0. The molecule has 4 nitrogen and oxygen atoms in total. The van der Waals surface area contributed by atoms with Crippen LogP contribution in [0.15, 0.2) is 30.3 Å². The van der Waals surface area contributed by atoms with Gasteiger partial charge in [0.25, 0.3) is 5.91 Å². The Hall–Kier alpha value is -2.17. The van der Waals surface area contributed by atoms with E-state index in [1.54, 1.807) is 0 Å². The summed E-state index contributed by atoms with van der Waals surface area (Å²) in [7, 11) is 0. The van der Waals surface area contributed by atoms with Gasteiger partial charge in [0.05, 0.1) is 16.6 Å². The van der Waals surface area contributed by atoms with Gasteiger partial charge in [-0.3, -0.25) is 9.59 Å². The van der Waals surface area contributed by atoms with E-state index in [1.807, 2.05) is 0 Å². The molecule has 0 radical (unpaired) electrons. The van der Waals surface area contributed by atoms with E-state index in [4.69, 9.17) is 34.8 Å². The van der Waals surface area contributed by atoms with Crippen LogP contribution in [-0.2, 0) is 4.79 Å². The number of hydrogen-bond donors (Lipinski definition) is 2. The van der Waals surface area contributed by atoms with Crippen LogP contribution in [0.25, 0.3) is 0 Å². The fourth-order valence-electron chi connectivity index (χ4n) is 3.11. The second-order valence-corrected chi connectivity index (χ2v) is 8.73. The zero-order chi connectivity index (χ0) is 24.0. The molecular weight excluding hydrogens is 509 g/mol. The minimum Gasteiger partial charge on any atom is -0.343 e. The van der Waals surface area contributed by atoms with Crippen molar-refractivity contribution in [2.24, 2.45) is 5.92 Å². The highest BCUT2D eigenvalue weighted by Crippen LogP contribution is 2.65. The Bertz CT molecular complexity index is 1090. The molecule has 2 aromatic rings. The van der Waals surface area contributed by atoms with Gasteiger partial charge in [0.2, 0.25) is 5.91 Å². The predicted molar refractivity (Wildman–Crippen MR) is 105 cm³/mol. The highest BCUT2D eigenvalue weighted by atomic mass is 35.5. The molecule has 13 heteroatoms. The Morgan fingerprint density at radius 3 is 2.25 bits per heavy atom. The lowest BCUT2D eigenvalue weighted by Crippen LogP contribution is -2.34. The largest absolute Gasteiger partial charge is 0.405 e. The van der Waals surface area contributed by atoms with Crippen LogP contribution in [0.3, 0.4) is 0 Å². The zero-order valence-electron chi connectivity index (χ0n) is 15.5. The van der Waals surface area contributed by atoms with Crippen molar-refractivity contribution in [3.05, 3.63) is 63.9 Å². The fourth-order valence-corrected chi connectivity index (χ4v) is 4.13. The summed E-state index contributed by atoms with van der Waals surface area (Å²) in [5.41, 5.74) is -1.67. The molecule has 2 N–H and O–H groups in total. The maximum absolute atomic E-state index is 14.6. The number of halogens is 9. The van der Waals surface area contributed by atoms with E-state index in [2.05, 4.69) is 5.32 Å². The van der Waals surface area contributed by atoms with E-state index >= 15 is 0 Å². The van der Waals surface area contributed by atoms with Crippen LogP contribution in [-0.4, -0.2) is 28.9 Å². The van der Waals surface area contributed by atoms with E-state index in [0.29, 0.717) is 11.6 Å². The lowest BCUT2D eigenvalue weighted by atomic mass is 10.1. The van der Waals surface area contributed by atoms with Crippen LogP contribution in [0, 0.1) is 23.4 Å². The van der Waals surface area contributed by atoms with Crippen LogP contribution in [0.2, 0.25) is 5.02 Å². The molecule has 2 amide bonds. The quantitative estimate of drug-likeness (QED) is 0.401. The third-order valence-corrected chi connectivity index (χ3v) is 5.89. The van der Waals surface area contributed by atoms with Gasteiger partial charge in [-0.25, -0.2) is 13.2 Å². The van der Waals surface area contributed by atoms with E-state index in [1.165, 1.54) is 17.4 Å². The first kappa shape index (κ1) is 24.5. The van der Waals surface area contributed by atoms with Crippen LogP contribution in [0.5, 0.6) is 0 Å². The summed E-state index contributed by atoms with van der Waals surface area (Å²) < 4.78 is 77.0. The molecule has 0 aliphatic heterocycles. The molecule has 2 aromatic carbocycles. The first-order valence-electron chi connectivity index (χ1n) is 8.70. The highest BCUT2D eigenvalue weighted by Gasteiger charge is 2.67. The van der Waals surface area contributed by atoms with Gasteiger partial charge in [0.15, 0.2) is 5.82 Å². The van der Waals surface area contributed by atoms with Crippen molar-refractivity contribution >= 4 is 52.3 Å². The molecule has 1 aliphatic carbocycles. The third-order valence-electron chi connectivity index (χ3n) is 4.66. The van der Waals surface area contributed by atoms with Crippen LogP contribution in [0.4, 0.5) is 32.0 Å². The molecule has 2 unspecified atom stereocenters. The Kier molecular flexibility index (Phi) is 6.61. The minimum absolute atomic E-state index is 0.239. The van der Waals surface area contributed by atoms with E-state index < -0.39 is 69.4 Å². The Labute approximate surface area is 191 Å². The Morgan fingerprint density at radius 1 is 1.03 bits per heavy atom. The first-order valence-corrected chi connectivity index (χ1v) is 9.84. The number of amides is 2. The molecular formula is C19H11Cl3F6N2O2. The molecule has 0 saturated heterocycles. The van der Waals surface area contributed by atoms with Crippen molar-refractivity contribution in [3.63, 3.8) is 0 Å². The lowest BCUT2D eigenvalue weighted by Gasteiger charge is -2.12. The summed E-state index contributed by atoms with van der Waals surface area (Å²) in [6.07, 6.45) is -4.80. The molecule has 1 saturated carbocycles. The average Bonchev–Trinajstić information content (AvgIpc) is 3.26. The van der Waals surface area contributed by atoms with E-state index in [9.17, 15) is 35.9 Å². The molecule has 0 spiro atoms. The molecule has 0 bridgehead atoms. The zero-order valence-corrected chi connectivity index (χ0v) is 17.7. The van der Waals surface area contributed by atoms with Crippen molar-refractivity contribution < 1.29 is 35.9 Å². The highest BCUT2D eigenvalue weighted by molar-refractivity contribution is 6.53. The summed E-state index contributed by atoms with van der Waals surface area (Å²) in [5.74, 6) is -8.32. The molecule has 3 rings (SSSR count). The van der Waals surface area contributed by atoms with Gasteiger partial charge >= 0.3 is 6.18 Å². The number of anilines is 1. The Morgan fingerprint density at radius 2 is 1.66 bits per heavy atom. The van der Waals surface area contributed by atoms with Gasteiger partial charge in [0, 0.05) is 5.92 Å². The maximum Gasteiger partial charge on any atom is 0.405 e. The van der Waals surface area contributed by atoms with E-state index in [0.717, 1.165) is 12.1 Å². The second kappa shape index (κ2) is 8.64. The normalized spacial score (nSPS) is 19.4. The van der Waals surface area contributed by atoms with Gasteiger partial charge in [-0.1, -0.05) is 17.7 Å². The number of carbonyl (C=O) groups excluding carboxylic acids is 2. The van der Waals surface area contributed by atoms with Crippen molar-refractivity contribution in [1.82, 2.24) is 5.32 Å². The SMILES string of the molecule is O=C(NCC(F)(F)F)c1c(F)ccc(NC(=O)C2C(c3ccc(F)c(Cl)c3)C2(Cl)Cl)c1F. The van der Waals surface area contributed by atoms with Gasteiger partial charge in [-0.2, -0.15) is 13.2 Å². The minimum atomic E-state index is -4.80. The van der Waals surface area contributed by atoms with Crippen molar-refractivity contribution in [2.45, 2.75) is 16.4 Å². The molecule has 32 heavy (non-hydrogen) atoms. The van der Waals surface area contributed by atoms with Crippen LogP contribution >= 0.6 is 34.8 Å². The molecule has 2 atom stereocenters. The molecule has 172 valence electrons. The number of hydrogen-bond acceptors (Lipinski definition) is 2. The fraction of sp³-hybridized carbons (Fsp3) is 0.263. The number of nitrogens with one attached hydrogen (secondary N) is 2. The van der Waals surface area contributed by atoms with Crippen LogP contribution in [0.1, 0.15) is 21.8 Å². The smallest absolute Gasteiger partial charge is 0.343 e. The molecule has 0 aromatic heterocycles. The molecule has 1 fully saturated rings. The van der Waals surface area contributed by atoms with Crippen molar-refractivity contribution in [3.8, 4) is 0 Å². The lowest BCUT2D eigenvalue weighted by molar-refractivity contribution is -0.123. The van der Waals surface area contributed by atoms with Gasteiger partial charge in [-0.05, 0) is 29.8 Å². The summed E-state index contributed by atoms with van der Waals surface area (Å²) in [6, 6.07) is 4.94. The molecule has 0 heterocycles.